The molecule has 0 radical (unpaired) electrons. The van der Waals surface area contributed by atoms with Crippen LogP contribution >= 0.6 is 0 Å². The van der Waals surface area contributed by atoms with Crippen molar-refractivity contribution in [3.63, 3.8) is 0 Å². The number of esters is 1. The number of carbonyl (C=O) groups excluding carboxylic acids is 1. The number of aliphatic hydroxyl groups is 1. The molecule has 2 aliphatic heterocycles. The standard InChI is InChI=1S/C15H20O4/c1-7-8-4-5-14(2)9(16)6-10-15(3,19-10)12(14)11(8)18-13(7)17/h8-12,16H,1,4-6H2,2-3H3/t8-,9-,10+,11-,12?,14-,15+/m0/s1. The highest BCUT2D eigenvalue weighted by Gasteiger charge is 2.73. The van der Waals surface area contributed by atoms with Crippen molar-refractivity contribution in [1.82, 2.24) is 0 Å². The number of aliphatic hydroxyl groups excluding tert-OH is 1. The highest BCUT2D eigenvalue weighted by Crippen LogP contribution is 2.65. The van der Waals surface area contributed by atoms with Crippen molar-refractivity contribution in [2.45, 2.75) is 57.0 Å². The van der Waals surface area contributed by atoms with Crippen LogP contribution in [0.4, 0.5) is 0 Å². The van der Waals surface area contributed by atoms with Gasteiger partial charge >= 0.3 is 5.97 Å². The lowest BCUT2D eigenvalue weighted by Crippen LogP contribution is -2.59. The van der Waals surface area contributed by atoms with Gasteiger partial charge in [-0.15, -0.1) is 0 Å². The van der Waals surface area contributed by atoms with Crippen molar-refractivity contribution in [1.29, 1.82) is 0 Å². The zero-order valence-corrected chi connectivity index (χ0v) is 11.4. The van der Waals surface area contributed by atoms with Crippen molar-refractivity contribution in [2.75, 3.05) is 0 Å². The fourth-order valence-electron chi connectivity index (χ4n) is 4.92. The molecule has 0 bridgehead atoms. The Bertz CT molecular complexity index is 487. The van der Waals surface area contributed by atoms with E-state index in [1.54, 1.807) is 0 Å². The lowest BCUT2D eigenvalue weighted by atomic mass is 9.52. The van der Waals surface area contributed by atoms with Gasteiger partial charge in [0, 0.05) is 29.2 Å². The van der Waals surface area contributed by atoms with E-state index in [1.165, 1.54) is 0 Å². The first-order valence-electron chi connectivity index (χ1n) is 7.13. The Morgan fingerprint density at radius 1 is 1.42 bits per heavy atom. The second-order valence-corrected chi connectivity index (χ2v) is 7.07. The fourth-order valence-corrected chi connectivity index (χ4v) is 4.92. The molecule has 2 saturated carbocycles. The number of epoxide rings is 1. The van der Waals surface area contributed by atoms with Crippen molar-refractivity contribution in [3.8, 4) is 0 Å². The largest absolute Gasteiger partial charge is 0.458 e. The second kappa shape index (κ2) is 3.23. The Balaban J connectivity index is 1.78. The predicted octanol–water partition coefficient (Wildman–Crippen LogP) is 1.42. The van der Waals surface area contributed by atoms with Gasteiger partial charge in [0.25, 0.3) is 0 Å². The summed E-state index contributed by atoms with van der Waals surface area (Å²) in [5.41, 5.74) is 0.156. The molecule has 1 N–H and O–H groups in total. The van der Waals surface area contributed by atoms with Crippen LogP contribution in [0.1, 0.15) is 33.1 Å². The molecule has 7 atom stereocenters. The maximum atomic E-state index is 11.8. The van der Waals surface area contributed by atoms with E-state index in [1.807, 2.05) is 0 Å². The highest BCUT2D eigenvalue weighted by atomic mass is 16.6. The van der Waals surface area contributed by atoms with Gasteiger partial charge in [0.15, 0.2) is 0 Å². The minimum absolute atomic E-state index is 0.0794. The molecule has 4 aliphatic rings. The van der Waals surface area contributed by atoms with Crippen LogP contribution in [0.25, 0.3) is 0 Å². The summed E-state index contributed by atoms with van der Waals surface area (Å²) in [6.45, 7) is 8.11. The summed E-state index contributed by atoms with van der Waals surface area (Å²) >= 11 is 0. The summed E-state index contributed by atoms with van der Waals surface area (Å²) in [5, 5.41) is 10.5. The molecule has 4 rings (SSSR count). The third kappa shape index (κ3) is 1.24. The van der Waals surface area contributed by atoms with Crippen LogP contribution in [0, 0.1) is 17.3 Å². The molecule has 2 heterocycles. The van der Waals surface area contributed by atoms with Crippen LogP contribution in [0.15, 0.2) is 12.2 Å². The third-order valence-corrected chi connectivity index (χ3v) is 6.18. The number of rotatable bonds is 0. The topological polar surface area (TPSA) is 59.1 Å². The summed E-state index contributed by atoms with van der Waals surface area (Å²) in [6.07, 6.45) is 2.07. The molecule has 0 amide bonds. The van der Waals surface area contributed by atoms with Crippen LogP contribution in [0.5, 0.6) is 0 Å². The van der Waals surface area contributed by atoms with Crippen LogP contribution in [-0.2, 0) is 14.3 Å². The number of carbonyl (C=O) groups is 1. The van der Waals surface area contributed by atoms with Crippen molar-refractivity contribution < 1.29 is 19.4 Å². The summed E-state index contributed by atoms with van der Waals surface area (Å²) in [6, 6.07) is 0. The molecular weight excluding hydrogens is 244 g/mol. The molecule has 2 saturated heterocycles. The van der Waals surface area contributed by atoms with Crippen molar-refractivity contribution >= 4 is 5.97 Å². The Hall–Kier alpha value is -0.870. The molecule has 2 aliphatic carbocycles. The highest BCUT2D eigenvalue weighted by molar-refractivity contribution is 5.91. The lowest BCUT2D eigenvalue weighted by Gasteiger charge is -2.52. The third-order valence-electron chi connectivity index (χ3n) is 6.18. The number of ether oxygens (including phenoxy) is 2. The van der Waals surface area contributed by atoms with E-state index in [2.05, 4.69) is 20.4 Å². The Labute approximate surface area is 112 Å². The van der Waals surface area contributed by atoms with Crippen LogP contribution in [-0.4, -0.2) is 35.0 Å². The first-order valence-corrected chi connectivity index (χ1v) is 7.13. The Kier molecular flexibility index (Phi) is 2.03. The van der Waals surface area contributed by atoms with Crippen molar-refractivity contribution in [2.24, 2.45) is 17.3 Å². The molecule has 1 unspecified atom stereocenters. The molecule has 0 spiro atoms. The Morgan fingerprint density at radius 2 is 2.16 bits per heavy atom. The number of fused-ring (bicyclic) bond motifs is 5. The molecule has 19 heavy (non-hydrogen) atoms. The SMILES string of the molecule is C=C1C(=O)O[C@@H]2C3[C@]4(C)O[C@@H]4C[C@H](O)[C@]3(C)CC[C@@H]12. The zero-order valence-electron chi connectivity index (χ0n) is 11.4. The molecule has 104 valence electrons. The Morgan fingerprint density at radius 3 is 2.89 bits per heavy atom. The average Bonchev–Trinajstić information content (AvgIpc) is 2.90. The van der Waals surface area contributed by atoms with E-state index in [4.69, 9.17) is 9.47 Å². The van der Waals surface area contributed by atoms with Crippen LogP contribution in [0.3, 0.4) is 0 Å². The van der Waals surface area contributed by atoms with E-state index >= 15 is 0 Å². The first kappa shape index (κ1) is 11.9. The molecular formula is C15H20O4. The van der Waals surface area contributed by atoms with Gasteiger partial charge in [0.1, 0.15) is 6.10 Å². The average molecular weight is 264 g/mol. The van der Waals surface area contributed by atoms with Gasteiger partial charge in [-0.25, -0.2) is 4.79 Å². The van der Waals surface area contributed by atoms with E-state index in [0.717, 1.165) is 12.8 Å². The van der Waals surface area contributed by atoms with Gasteiger partial charge in [-0.2, -0.15) is 0 Å². The van der Waals surface area contributed by atoms with Gasteiger partial charge < -0.3 is 14.6 Å². The predicted molar refractivity (Wildman–Crippen MR) is 67.2 cm³/mol. The summed E-state index contributed by atoms with van der Waals surface area (Å²) in [5.74, 6) is -0.0756. The van der Waals surface area contributed by atoms with E-state index < -0.39 is 0 Å². The van der Waals surface area contributed by atoms with E-state index in [0.29, 0.717) is 12.0 Å². The first-order chi connectivity index (χ1) is 8.88. The van der Waals surface area contributed by atoms with Crippen LogP contribution in [0.2, 0.25) is 0 Å². The molecule has 0 aromatic rings. The quantitative estimate of drug-likeness (QED) is 0.408. The van der Waals surface area contributed by atoms with Gasteiger partial charge in [-0.1, -0.05) is 13.5 Å². The molecule has 4 nitrogen and oxygen atoms in total. The zero-order chi connectivity index (χ0) is 13.6. The molecule has 4 heteroatoms. The molecule has 0 aromatic heterocycles. The van der Waals surface area contributed by atoms with E-state index in [-0.39, 0.29) is 47.1 Å². The van der Waals surface area contributed by atoms with E-state index in [9.17, 15) is 9.90 Å². The fraction of sp³-hybridized carbons (Fsp3) is 0.800. The molecule has 4 fully saturated rings. The normalized spacial score (nSPS) is 59.0. The van der Waals surface area contributed by atoms with Crippen LogP contribution < -0.4 is 0 Å². The van der Waals surface area contributed by atoms with Gasteiger partial charge in [-0.3, -0.25) is 0 Å². The minimum Gasteiger partial charge on any atom is -0.458 e. The maximum absolute atomic E-state index is 11.8. The monoisotopic (exact) mass is 264 g/mol. The lowest BCUT2D eigenvalue weighted by molar-refractivity contribution is -0.161. The van der Waals surface area contributed by atoms with Gasteiger partial charge in [0.05, 0.1) is 17.8 Å². The van der Waals surface area contributed by atoms with Crippen molar-refractivity contribution in [3.05, 3.63) is 12.2 Å². The second-order valence-electron chi connectivity index (χ2n) is 7.07. The number of hydrogen-bond acceptors (Lipinski definition) is 4. The summed E-state index contributed by atoms with van der Waals surface area (Å²) < 4.78 is 11.5. The summed E-state index contributed by atoms with van der Waals surface area (Å²) in [7, 11) is 0. The number of hydrogen-bond donors (Lipinski definition) is 1. The minimum atomic E-state index is -0.369. The maximum Gasteiger partial charge on any atom is 0.334 e. The molecule has 0 aromatic carbocycles. The summed E-state index contributed by atoms with van der Waals surface area (Å²) in [4.78, 5) is 11.8. The smallest absolute Gasteiger partial charge is 0.334 e. The van der Waals surface area contributed by atoms with Gasteiger partial charge in [0.2, 0.25) is 0 Å². The van der Waals surface area contributed by atoms with Gasteiger partial charge in [-0.05, 0) is 19.8 Å².